The van der Waals surface area contributed by atoms with Crippen molar-refractivity contribution in [2.24, 2.45) is 0 Å². The van der Waals surface area contributed by atoms with E-state index in [9.17, 15) is 4.79 Å². The van der Waals surface area contributed by atoms with E-state index in [2.05, 4.69) is 4.98 Å². The van der Waals surface area contributed by atoms with Crippen molar-refractivity contribution in [3.05, 3.63) is 24.0 Å². The van der Waals surface area contributed by atoms with Gasteiger partial charge in [-0.25, -0.2) is 0 Å². The molecule has 1 aromatic heterocycles. The van der Waals surface area contributed by atoms with Gasteiger partial charge < -0.3 is 15.4 Å². The topological polar surface area (TPSA) is 68.5 Å². The highest BCUT2D eigenvalue weighted by atomic mass is 16.5. The van der Waals surface area contributed by atoms with Gasteiger partial charge >= 0.3 is 0 Å². The van der Waals surface area contributed by atoms with Gasteiger partial charge in [-0.05, 0) is 13.0 Å². The van der Waals surface area contributed by atoms with Crippen molar-refractivity contribution in [2.75, 3.05) is 25.4 Å². The summed E-state index contributed by atoms with van der Waals surface area (Å²) >= 11 is 0. The molecule has 2 N–H and O–H groups in total. The lowest BCUT2D eigenvalue weighted by Gasteiger charge is -2.31. The highest BCUT2D eigenvalue weighted by Gasteiger charge is 2.23. The maximum absolute atomic E-state index is 12.1. The van der Waals surface area contributed by atoms with Gasteiger partial charge in [0.15, 0.2) is 0 Å². The predicted molar refractivity (Wildman–Crippen MR) is 60.0 cm³/mol. The van der Waals surface area contributed by atoms with Crippen molar-refractivity contribution < 1.29 is 9.53 Å². The van der Waals surface area contributed by atoms with E-state index >= 15 is 0 Å². The molecule has 1 amide bonds. The molecular formula is C11H15N3O2. The Morgan fingerprint density at radius 1 is 1.69 bits per heavy atom. The first-order valence-corrected chi connectivity index (χ1v) is 5.29. The van der Waals surface area contributed by atoms with Gasteiger partial charge in [-0.1, -0.05) is 0 Å². The molecule has 0 bridgehead atoms. The van der Waals surface area contributed by atoms with Crippen molar-refractivity contribution in [1.29, 1.82) is 0 Å². The smallest absolute Gasteiger partial charge is 0.256 e. The van der Waals surface area contributed by atoms with Gasteiger partial charge in [0, 0.05) is 19.3 Å². The molecule has 1 saturated heterocycles. The van der Waals surface area contributed by atoms with Crippen LogP contribution in [0.4, 0.5) is 5.69 Å². The average Bonchev–Trinajstić information content (AvgIpc) is 2.29. The summed E-state index contributed by atoms with van der Waals surface area (Å²) in [5.41, 5.74) is 6.66. The molecular weight excluding hydrogens is 206 g/mol. The van der Waals surface area contributed by atoms with Crippen LogP contribution in [0.5, 0.6) is 0 Å². The fraction of sp³-hybridized carbons (Fsp3) is 0.455. The summed E-state index contributed by atoms with van der Waals surface area (Å²) in [7, 11) is 0. The molecule has 0 radical (unpaired) electrons. The lowest BCUT2D eigenvalue weighted by molar-refractivity contribution is -0.0123. The highest BCUT2D eigenvalue weighted by Crippen LogP contribution is 2.14. The maximum atomic E-state index is 12.1. The summed E-state index contributed by atoms with van der Waals surface area (Å²) in [6.07, 6.45) is 3.16. The van der Waals surface area contributed by atoms with Crippen LogP contribution in [0.3, 0.4) is 0 Å². The second-order valence-corrected chi connectivity index (χ2v) is 3.90. The van der Waals surface area contributed by atoms with E-state index in [1.807, 2.05) is 6.92 Å². The maximum Gasteiger partial charge on any atom is 0.256 e. The minimum atomic E-state index is -0.0462. The van der Waals surface area contributed by atoms with Crippen molar-refractivity contribution in [2.45, 2.75) is 13.0 Å². The number of nitrogens with zero attached hydrogens (tertiary/aromatic N) is 2. The molecule has 0 spiro atoms. The first-order chi connectivity index (χ1) is 7.68. The van der Waals surface area contributed by atoms with E-state index < -0.39 is 0 Å². The number of rotatable bonds is 1. The molecule has 2 rings (SSSR count). The third-order valence-corrected chi connectivity index (χ3v) is 2.61. The molecule has 2 heterocycles. The Morgan fingerprint density at radius 2 is 2.50 bits per heavy atom. The largest absolute Gasteiger partial charge is 0.397 e. The van der Waals surface area contributed by atoms with Gasteiger partial charge in [0.2, 0.25) is 0 Å². The van der Waals surface area contributed by atoms with Crippen molar-refractivity contribution >= 4 is 11.6 Å². The zero-order chi connectivity index (χ0) is 11.5. The number of hydrogen-bond acceptors (Lipinski definition) is 4. The molecule has 1 aliphatic heterocycles. The van der Waals surface area contributed by atoms with Crippen molar-refractivity contribution in [3.8, 4) is 0 Å². The number of pyridine rings is 1. The van der Waals surface area contributed by atoms with Crippen molar-refractivity contribution in [3.63, 3.8) is 0 Å². The summed E-state index contributed by atoms with van der Waals surface area (Å²) in [5.74, 6) is -0.0462. The van der Waals surface area contributed by atoms with Crippen LogP contribution in [0, 0.1) is 0 Å². The number of carbonyl (C=O) groups excluding carboxylic acids is 1. The number of carbonyl (C=O) groups is 1. The lowest BCUT2D eigenvalue weighted by atomic mass is 10.2. The summed E-state index contributed by atoms with van der Waals surface area (Å²) < 4.78 is 5.39. The monoisotopic (exact) mass is 221 g/mol. The van der Waals surface area contributed by atoms with E-state index in [0.29, 0.717) is 30.9 Å². The molecule has 0 saturated carbocycles. The fourth-order valence-electron chi connectivity index (χ4n) is 1.77. The summed E-state index contributed by atoms with van der Waals surface area (Å²) in [4.78, 5) is 17.8. The number of nitrogen functional groups attached to an aromatic ring is 1. The second kappa shape index (κ2) is 4.49. The summed E-state index contributed by atoms with van der Waals surface area (Å²) in [6.45, 7) is 3.76. The van der Waals surface area contributed by atoms with Gasteiger partial charge in [-0.15, -0.1) is 0 Å². The minimum Gasteiger partial charge on any atom is -0.397 e. The molecule has 1 aliphatic rings. The van der Waals surface area contributed by atoms with Crippen LogP contribution in [0.15, 0.2) is 18.5 Å². The molecule has 1 fully saturated rings. The Balaban J connectivity index is 2.16. The molecule has 1 unspecified atom stereocenters. The second-order valence-electron chi connectivity index (χ2n) is 3.90. The number of nitrogens with two attached hydrogens (primary N) is 1. The van der Waals surface area contributed by atoms with Crippen LogP contribution in [-0.4, -0.2) is 41.6 Å². The number of anilines is 1. The average molecular weight is 221 g/mol. The Kier molecular flexibility index (Phi) is 3.05. The Morgan fingerprint density at radius 3 is 3.19 bits per heavy atom. The molecule has 86 valence electrons. The number of ether oxygens (including phenoxy) is 1. The SMILES string of the molecule is CC1CN(C(=O)c2ccncc2N)CCO1. The van der Waals surface area contributed by atoms with Gasteiger partial charge in [0.1, 0.15) is 0 Å². The number of amides is 1. The van der Waals surface area contributed by atoms with Crippen LogP contribution < -0.4 is 5.73 Å². The normalized spacial score (nSPS) is 20.8. The zero-order valence-corrected chi connectivity index (χ0v) is 9.22. The fourth-order valence-corrected chi connectivity index (χ4v) is 1.77. The Labute approximate surface area is 94.2 Å². The molecule has 16 heavy (non-hydrogen) atoms. The minimum absolute atomic E-state index is 0.0462. The molecule has 5 nitrogen and oxygen atoms in total. The van der Waals surface area contributed by atoms with Gasteiger partial charge in [-0.3, -0.25) is 9.78 Å². The highest BCUT2D eigenvalue weighted by molar-refractivity contribution is 5.98. The molecule has 0 aliphatic carbocycles. The predicted octanol–water partition coefficient (Wildman–Crippen LogP) is 0.525. The van der Waals surface area contributed by atoms with E-state index in [-0.39, 0.29) is 12.0 Å². The first-order valence-electron chi connectivity index (χ1n) is 5.29. The number of hydrogen-bond donors (Lipinski definition) is 1. The van der Waals surface area contributed by atoms with Gasteiger partial charge in [0.25, 0.3) is 5.91 Å². The third kappa shape index (κ3) is 2.14. The van der Waals surface area contributed by atoms with Crippen LogP contribution in [0.2, 0.25) is 0 Å². The molecule has 5 heteroatoms. The summed E-state index contributed by atoms with van der Waals surface area (Å²) in [6, 6.07) is 1.65. The van der Waals surface area contributed by atoms with E-state index in [4.69, 9.17) is 10.5 Å². The Hall–Kier alpha value is -1.62. The molecule has 0 aromatic carbocycles. The quantitative estimate of drug-likeness (QED) is 0.750. The first kappa shape index (κ1) is 10.9. The lowest BCUT2D eigenvalue weighted by Crippen LogP contribution is -2.44. The van der Waals surface area contributed by atoms with Crippen LogP contribution in [0.25, 0.3) is 0 Å². The van der Waals surface area contributed by atoms with Crippen LogP contribution in [0.1, 0.15) is 17.3 Å². The van der Waals surface area contributed by atoms with Crippen molar-refractivity contribution in [1.82, 2.24) is 9.88 Å². The molecule has 1 aromatic rings. The van der Waals surface area contributed by atoms with Gasteiger partial charge in [-0.2, -0.15) is 0 Å². The van der Waals surface area contributed by atoms with Gasteiger partial charge in [0.05, 0.1) is 30.2 Å². The Bertz CT molecular complexity index is 395. The number of aromatic nitrogens is 1. The third-order valence-electron chi connectivity index (χ3n) is 2.61. The van der Waals surface area contributed by atoms with E-state index in [0.717, 1.165) is 0 Å². The van der Waals surface area contributed by atoms with E-state index in [1.54, 1.807) is 17.2 Å². The van der Waals surface area contributed by atoms with Crippen LogP contribution >= 0.6 is 0 Å². The van der Waals surface area contributed by atoms with E-state index in [1.165, 1.54) is 6.20 Å². The molecule has 1 atom stereocenters. The van der Waals surface area contributed by atoms with Crippen LogP contribution in [-0.2, 0) is 4.74 Å². The summed E-state index contributed by atoms with van der Waals surface area (Å²) in [5, 5.41) is 0. The standard InChI is InChI=1S/C11H15N3O2/c1-8-7-14(4-5-16-8)11(15)9-2-3-13-6-10(9)12/h2-3,6,8H,4-5,7,12H2,1H3. The number of morpholine rings is 1. The zero-order valence-electron chi connectivity index (χ0n) is 9.22.